The van der Waals surface area contributed by atoms with E-state index in [2.05, 4.69) is 17.4 Å². The van der Waals surface area contributed by atoms with Crippen LogP contribution in [0.4, 0.5) is 0 Å². The predicted molar refractivity (Wildman–Crippen MR) is 75.7 cm³/mol. The summed E-state index contributed by atoms with van der Waals surface area (Å²) in [5.41, 5.74) is 1.24. The number of carbonyl (C=O) groups is 1. The van der Waals surface area contributed by atoms with E-state index in [0.717, 1.165) is 32.1 Å². The standard InChI is InChI=1S/C16H23NO2/c18-12-14-8-4-5-9-15(14)16(19)17-11-10-13-6-2-1-3-7-13/h1-3,6-7,14-15,18H,4-5,8-12H2,(H,17,19). The normalized spacial score (nSPS) is 23.0. The van der Waals surface area contributed by atoms with Crippen molar-refractivity contribution in [3.05, 3.63) is 35.9 Å². The Labute approximate surface area is 115 Å². The quantitative estimate of drug-likeness (QED) is 0.853. The number of nitrogens with one attached hydrogen (secondary N) is 1. The molecule has 1 aliphatic carbocycles. The number of aliphatic hydroxyl groups is 1. The molecule has 1 saturated carbocycles. The molecule has 104 valence electrons. The van der Waals surface area contributed by atoms with E-state index in [4.69, 9.17) is 0 Å². The second-order valence-electron chi connectivity index (χ2n) is 5.36. The molecular weight excluding hydrogens is 238 g/mol. The zero-order valence-electron chi connectivity index (χ0n) is 11.3. The predicted octanol–water partition coefficient (Wildman–Crippen LogP) is 2.14. The van der Waals surface area contributed by atoms with Crippen LogP contribution in [0, 0.1) is 11.8 Å². The lowest BCUT2D eigenvalue weighted by Crippen LogP contribution is -2.38. The number of hydrogen-bond acceptors (Lipinski definition) is 2. The Morgan fingerprint density at radius 1 is 1.21 bits per heavy atom. The Morgan fingerprint density at radius 3 is 2.68 bits per heavy atom. The third-order valence-electron chi connectivity index (χ3n) is 4.04. The van der Waals surface area contributed by atoms with Gasteiger partial charge in [-0.25, -0.2) is 0 Å². The largest absolute Gasteiger partial charge is 0.396 e. The van der Waals surface area contributed by atoms with Crippen LogP contribution in [-0.2, 0) is 11.2 Å². The molecule has 2 N–H and O–H groups in total. The van der Waals surface area contributed by atoms with E-state index in [0.29, 0.717) is 6.54 Å². The Hall–Kier alpha value is -1.35. The molecule has 0 bridgehead atoms. The average molecular weight is 261 g/mol. The molecule has 3 nitrogen and oxygen atoms in total. The summed E-state index contributed by atoms with van der Waals surface area (Å²) in [4.78, 5) is 12.1. The van der Waals surface area contributed by atoms with Crippen molar-refractivity contribution in [2.75, 3.05) is 13.2 Å². The van der Waals surface area contributed by atoms with Gasteiger partial charge in [0.05, 0.1) is 0 Å². The first-order valence-electron chi connectivity index (χ1n) is 7.23. The van der Waals surface area contributed by atoms with Gasteiger partial charge in [0.2, 0.25) is 5.91 Å². The topological polar surface area (TPSA) is 49.3 Å². The molecule has 0 saturated heterocycles. The number of hydrogen-bond donors (Lipinski definition) is 2. The summed E-state index contributed by atoms with van der Waals surface area (Å²) in [7, 11) is 0. The number of aliphatic hydroxyl groups excluding tert-OH is 1. The minimum atomic E-state index is 0.00882. The summed E-state index contributed by atoms with van der Waals surface area (Å²) in [6, 6.07) is 10.2. The number of carbonyl (C=O) groups excluding carboxylic acids is 1. The lowest BCUT2D eigenvalue weighted by molar-refractivity contribution is -0.128. The van der Waals surface area contributed by atoms with Crippen LogP contribution in [0.25, 0.3) is 0 Å². The first-order valence-corrected chi connectivity index (χ1v) is 7.23. The van der Waals surface area contributed by atoms with Crippen LogP contribution in [-0.4, -0.2) is 24.2 Å². The van der Waals surface area contributed by atoms with Crippen molar-refractivity contribution in [2.24, 2.45) is 11.8 Å². The molecule has 2 atom stereocenters. The Kier molecular flexibility index (Phi) is 5.40. The SMILES string of the molecule is O=C(NCCc1ccccc1)C1CCCCC1CO. The van der Waals surface area contributed by atoms with Gasteiger partial charge in [-0.1, -0.05) is 43.2 Å². The van der Waals surface area contributed by atoms with Crippen LogP contribution in [0.3, 0.4) is 0 Å². The molecule has 19 heavy (non-hydrogen) atoms. The van der Waals surface area contributed by atoms with E-state index in [1.807, 2.05) is 18.2 Å². The van der Waals surface area contributed by atoms with Gasteiger partial charge in [-0.3, -0.25) is 4.79 Å². The highest BCUT2D eigenvalue weighted by Crippen LogP contribution is 2.29. The van der Waals surface area contributed by atoms with Crippen LogP contribution < -0.4 is 5.32 Å². The highest BCUT2D eigenvalue weighted by Gasteiger charge is 2.29. The van der Waals surface area contributed by atoms with Gasteiger partial charge < -0.3 is 10.4 Å². The Morgan fingerprint density at radius 2 is 1.95 bits per heavy atom. The lowest BCUT2D eigenvalue weighted by Gasteiger charge is -2.29. The van der Waals surface area contributed by atoms with E-state index in [-0.39, 0.29) is 24.3 Å². The van der Waals surface area contributed by atoms with Gasteiger partial charge in [0.1, 0.15) is 0 Å². The van der Waals surface area contributed by atoms with Crippen molar-refractivity contribution in [3.63, 3.8) is 0 Å². The van der Waals surface area contributed by atoms with Gasteiger partial charge in [0, 0.05) is 19.1 Å². The molecule has 0 aliphatic heterocycles. The molecule has 0 radical (unpaired) electrons. The van der Waals surface area contributed by atoms with Gasteiger partial charge in [0.15, 0.2) is 0 Å². The van der Waals surface area contributed by atoms with Gasteiger partial charge in [-0.2, -0.15) is 0 Å². The van der Waals surface area contributed by atoms with Gasteiger partial charge in [-0.05, 0) is 30.7 Å². The second-order valence-corrected chi connectivity index (χ2v) is 5.36. The minimum absolute atomic E-state index is 0.00882. The third kappa shape index (κ3) is 4.06. The van der Waals surface area contributed by atoms with Crippen LogP contribution in [0.5, 0.6) is 0 Å². The molecule has 2 unspecified atom stereocenters. The van der Waals surface area contributed by atoms with Crippen molar-refractivity contribution in [3.8, 4) is 0 Å². The zero-order chi connectivity index (χ0) is 13.5. The molecule has 1 fully saturated rings. The molecule has 1 amide bonds. The summed E-state index contributed by atoms with van der Waals surface area (Å²) in [6.45, 7) is 0.814. The molecule has 1 aromatic rings. The van der Waals surface area contributed by atoms with E-state index in [1.165, 1.54) is 5.56 Å². The van der Waals surface area contributed by atoms with Gasteiger partial charge in [-0.15, -0.1) is 0 Å². The molecule has 2 rings (SSSR count). The van der Waals surface area contributed by atoms with E-state index in [9.17, 15) is 9.90 Å². The van der Waals surface area contributed by atoms with Gasteiger partial charge >= 0.3 is 0 Å². The molecule has 3 heteroatoms. The third-order valence-corrected chi connectivity index (χ3v) is 4.04. The first-order chi connectivity index (χ1) is 9.31. The maximum absolute atomic E-state index is 12.1. The Bertz CT molecular complexity index is 391. The van der Waals surface area contributed by atoms with E-state index >= 15 is 0 Å². The highest BCUT2D eigenvalue weighted by molar-refractivity contribution is 5.79. The van der Waals surface area contributed by atoms with Crippen LogP contribution in [0.15, 0.2) is 30.3 Å². The van der Waals surface area contributed by atoms with Crippen LogP contribution >= 0.6 is 0 Å². The van der Waals surface area contributed by atoms with Crippen LogP contribution in [0.2, 0.25) is 0 Å². The maximum atomic E-state index is 12.1. The monoisotopic (exact) mass is 261 g/mol. The Balaban J connectivity index is 1.77. The first kappa shape index (κ1) is 14.1. The summed E-state index contributed by atoms with van der Waals surface area (Å²) in [5, 5.41) is 12.3. The van der Waals surface area contributed by atoms with Gasteiger partial charge in [0.25, 0.3) is 0 Å². The molecule has 1 aliphatic rings. The van der Waals surface area contributed by atoms with E-state index < -0.39 is 0 Å². The number of amides is 1. The zero-order valence-corrected chi connectivity index (χ0v) is 11.3. The fourth-order valence-corrected chi connectivity index (χ4v) is 2.88. The average Bonchev–Trinajstić information content (AvgIpc) is 2.48. The molecule has 0 heterocycles. The molecular formula is C16H23NO2. The molecule has 1 aromatic carbocycles. The lowest BCUT2D eigenvalue weighted by atomic mass is 9.79. The summed E-state index contributed by atoms with van der Waals surface area (Å²) < 4.78 is 0. The number of rotatable bonds is 5. The van der Waals surface area contributed by atoms with Crippen molar-refractivity contribution >= 4 is 5.91 Å². The van der Waals surface area contributed by atoms with Crippen molar-refractivity contribution in [1.82, 2.24) is 5.32 Å². The summed E-state index contributed by atoms with van der Waals surface area (Å²) in [5.74, 6) is 0.287. The molecule has 0 aromatic heterocycles. The summed E-state index contributed by atoms with van der Waals surface area (Å²) in [6.07, 6.45) is 5.01. The maximum Gasteiger partial charge on any atom is 0.223 e. The van der Waals surface area contributed by atoms with Crippen molar-refractivity contribution < 1.29 is 9.90 Å². The van der Waals surface area contributed by atoms with E-state index in [1.54, 1.807) is 0 Å². The smallest absolute Gasteiger partial charge is 0.223 e. The number of benzene rings is 1. The van der Waals surface area contributed by atoms with Crippen molar-refractivity contribution in [1.29, 1.82) is 0 Å². The fraction of sp³-hybridized carbons (Fsp3) is 0.562. The summed E-state index contributed by atoms with van der Waals surface area (Å²) >= 11 is 0. The highest BCUT2D eigenvalue weighted by atomic mass is 16.3. The second kappa shape index (κ2) is 7.29. The minimum Gasteiger partial charge on any atom is -0.396 e. The fourth-order valence-electron chi connectivity index (χ4n) is 2.88. The molecule has 0 spiro atoms. The van der Waals surface area contributed by atoms with Crippen molar-refractivity contribution in [2.45, 2.75) is 32.1 Å². The van der Waals surface area contributed by atoms with Crippen LogP contribution in [0.1, 0.15) is 31.2 Å².